The van der Waals surface area contributed by atoms with Crippen molar-refractivity contribution in [1.29, 1.82) is 0 Å². The maximum atomic E-state index is 12.0. The molecular formula is C24H31NO2. The molecule has 1 aliphatic rings. The van der Waals surface area contributed by atoms with E-state index in [1.165, 1.54) is 19.3 Å². The zero-order chi connectivity index (χ0) is 19.7. The van der Waals surface area contributed by atoms with Gasteiger partial charge < -0.3 is 10.4 Å². The first kappa shape index (κ1) is 20.9. The number of carbonyl (C=O) groups excluding carboxylic acids is 1. The SMILES string of the molecule is C=CC[C@@H](Cc1ccccc1)C(=O)NC(C)(C)O.c1ccc2c(c1)CCC2. The number of benzene rings is 2. The average molecular weight is 366 g/mol. The van der Waals surface area contributed by atoms with Crippen LogP contribution in [0.4, 0.5) is 0 Å². The van der Waals surface area contributed by atoms with Crippen molar-refractivity contribution in [2.75, 3.05) is 0 Å². The number of rotatable bonds is 6. The molecule has 1 atom stereocenters. The molecule has 1 aliphatic carbocycles. The van der Waals surface area contributed by atoms with Gasteiger partial charge in [-0.1, -0.05) is 60.7 Å². The Labute approximate surface area is 163 Å². The van der Waals surface area contributed by atoms with Crippen molar-refractivity contribution in [2.24, 2.45) is 5.92 Å². The Kier molecular flexibility index (Phi) is 7.81. The Balaban J connectivity index is 0.000000239. The smallest absolute Gasteiger partial charge is 0.225 e. The second-order valence-electron chi connectivity index (χ2n) is 7.58. The molecule has 3 rings (SSSR count). The molecule has 0 aromatic heterocycles. The van der Waals surface area contributed by atoms with Crippen LogP contribution >= 0.6 is 0 Å². The first-order chi connectivity index (χ1) is 12.9. The van der Waals surface area contributed by atoms with E-state index in [0.717, 1.165) is 5.56 Å². The highest BCUT2D eigenvalue weighted by Gasteiger charge is 2.23. The summed E-state index contributed by atoms with van der Waals surface area (Å²) in [6, 6.07) is 18.6. The molecule has 0 unspecified atom stereocenters. The summed E-state index contributed by atoms with van der Waals surface area (Å²) in [5.74, 6) is -0.345. The van der Waals surface area contributed by atoms with E-state index < -0.39 is 5.72 Å². The van der Waals surface area contributed by atoms with Crippen LogP contribution in [0.2, 0.25) is 0 Å². The fraction of sp³-hybridized carbons (Fsp3) is 0.375. The van der Waals surface area contributed by atoms with Gasteiger partial charge in [0.15, 0.2) is 0 Å². The summed E-state index contributed by atoms with van der Waals surface area (Å²) in [6.07, 6.45) is 6.94. The Morgan fingerprint density at radius 3 is 2.19 bits per heavy atom. The van der Waals surface area contributed by atoms with Crippen molar-refractivity contribution < 1.29 is 9.90 Å². The lowest BCUT2D eigenvalue weighted by atomic mass is 9.95. The molecule has 0 radical (unpaired) electrons. The fourth-order valence-corrected chi connectivity index (χ4v) is 3.30. The molecule has 3 heteroatoms. The minimum absolute atomic E-state index is 0.147. The highest BCUT2D eigenvalue weighted by atomic mass is 16.3. The summed E-state index contributed by atoms with van der Waals surface area (Å²) in [4.78, 5) is 12.0. The Morgan fingerprint density at radius 1 is 1.11 bits per heavy atom. The van der Waals surface area contributed by atoms with Crippen molar-refractivity contribution in [2.45, 2.75) is 51.7 Å². The maximum absolute atomic E-state index is 12.0. The minimum Gasteiger partial charge on any atom is -0.372 e. The summed E-state index contributed by atoms with van der Waals surface area (Å²) in [5.41, 5.74) is 3.05. The predicted octanol–water partition coefficient (Wildman–Crippen LogP) is 4.44. The summed E-state index contributed by atoms with van der Waals surface area (Å²) >= 11 is 0. The lowest BCUT2D eigenvalue weighted by Crippen LogP contribution is -2.46. The molecule has 144 valence electrons. The molecule has 0 fully saturated rings. The van der Waals surface area contributed by atoms with E-state index in [-0.39, 0.29) is 11.8 Å². The lowest BCUT2D eigenvalue weighted by Gasteiger charge is -2.23. The highest BCUT2D eigenvalue weighted by Crippen LogP contribution is 2.20. The van der Waals surface area contributed by atoms with Gasteiger partial charge in [-0.2, -0.15) is 0 Å². The summed E-state index contributed by atoms with van der Waals surface area (Å²) in [7, 11) is 0. The van der Waals surface area contributed by atoms with Crippen LogP contribution in [0.3, 0.4) is 0 Å². The van der Waals surface area contributed by atoms with Gasteiger partial charge in [0.1, 0.15) is 5.72 Å². The van der Waals surface area contributed by atoms with Crippen LogP contribution in [-0.2, 0) is 24.1 Å². The minimum atomic E-state index is -1.19. The highest BCUT2D eigenvalue weighted by molar-refractivity contribution is 5.79. The lowest BCUT2D eigenvalue weighted by molar-refractivity contribution is -0.130. The second kappa shape index (κ2) is 10.1. The van der Waals surface area contributed by atoms with Crippen molar-refractivity contribution in [3.05, 3.63) is 83.9 Å². The number of fused-ring (bicyclic) bond motifs is 1. The molecule has 0 spiro atoms. The maximum Gasteiger partial charge on any atom is 0.225 e. The van der Waals surface area contributed by atoms with Crippen molar-refractivity contribution >= 4 is 5.91 Å². The number of carbonyl (C=O) groups is 1. The normalized spacial score (nSPS) is 13.7. The number of nitrogens with one attached hydrogen (secondary N) is 1. The van der Waals surface area contributed by atoms with E-state index in [9.17, 15) is 9.90 Å². The van der Waals surface area contributed by atoms with E-state index in [1.807, 2.05) is 30.3 Å². The Bertz CT molecular complexity index is 709. The van der Waals surface area contributed by atoms with Crippen LogP contribution in [0.25, 0.3) is 0 Å². The van der Waals surface area contributed by atoms with Crippen LogP contribution in [-0.4, -0.2) is 16.7 Å². The fourth-order valence-electron chi connectivity index (χ4n) is 3.30. The monoisotopic (exact) mass is 365 g/mol. The third-order valence-corrected chi connectivity index (χ3v) is 4.59. The van der Waals surface area contributed by atoms with Gasteiger partial charge in [-0.05, 0) is 62.6 Å². The number of amides is 1. The quantitative estimate of drug-likeness (QED) is 0.587. The van der Waals surface area contributed by atoms with Gasteiger partial charge in [0, 0.05) is 5.92 Å². The Morgan fingerprint density at radius 2 is 1.67 bits per heavy atom. The molecule has 2 N–H and O–H groups in total. The van der Waals surface area contributed by atoms with E-state index in [4.69, 9.17) is 0 Å². The molecule has 0 aliphatic heterocycles. The average Bonchev–Trinajstić information content (AvgIpc) is 3.10. The van der Waals surface area contributed by atoms with Crippen LogP contribution in [0.1, 0.15) is 43.4 Å². The molecule has 1 amide bonds. The Hall–Kier alpha value is -2.39. The third kappa shape index (κ3) is 7.40. The first-order valence-corrected chi connectivity index (χ1v) is 9.65. The van der Waals surface area contributed by atoms with Gasteiger partial charge in [-0.25, -0.2) is 0 Å². The molecule has 0 bridgehead atoms. The van der Waals surface area contributed by atoms with E-state index in [0.29, 0.717) is 12.8 Å². The molecule has 3 nitrogen and oxygen atoms in total. The zero-order valence-corrected chi connectivity index (χ0v) is 16.4. The van der Waals surface area contributed by atoms with Crippen LogP contribution in [0.15, 0.2) is 67.3 Å². The van der Waals surface area contributed by atoms with Gasteiger partial charge in [0.25, 0.3) is 0 Å². The van der Waals surface area contributed by atoms with Gasteiger partial charge in [-0.15, -0.1) is 6.58 Å². The summed E-state index contributed by atoms with van der Waals surface area (Å²) < 4.78 is 0. The van der Waals surface area contributed by atoms with Crippen LogP contribution in [0, 0.1) is 5.92 Å². The van der Waals surface area contributed by atoms with E-state index in [1.54, 1.807) is 31.1 Å². The topological polar surface area (TPSA) is 49.3 Å². The van der Waals surface area contributed by atoms with Crippen molar-refractivity contribution in [1.82, 2.24) is 5.32 Å². The van der Waals surface area contributed by atoms with Gasteiger partial charge in [-0.3, -0.25) is 4.79 Å². The molecule has 0 saturated carbocycles. The summed E-state index contributed by atoms with van der Waals surface area (Å²) in [6.45, 7) is 6.79. The number of aryl methyl sites for hydroxylation is 2. The number of hydrogen-bond acceptors (Lipinski definition) is 2. The standard InChI is InChI=1S/C15H21NO2.C9H10/c1-4-8-13(14(17)16-15(2,3)18)11-12-9-6-5-7-10-12;1-2-5-9-7-3-6-8(9)4-1/h4-7,9-10,13,18H,1,8,11H2,2-3H3,(H,16,17);1-2,4-5H,3,6-7H2/t13-;/m0./s1. The van der Waals surface area contributed by atoms with Crippen molar-refractivity contribution in [3.63, 3.8) is 0 Å². The van der Waals surface area contributed by atoms with Crippen LogP contribution < -0.4 is 5.32 Å². The van der Waals surface area contributed by atoms with Gasteiger partial charge >= 0.3 is 0 Å². The molecular weight excluding hydrogens is 334 g/mol. The molecule has 2 aromatic carbocycles. The molecule has 0 heterocycles. The van der Waals surface area contributed by atoms with E-state index in [2.05, 4.69) is 36.2 Å². The second-order valence-corrected chi connectivity index (χ2v) is 7.58. The number of aliphatic hydroxyl groups is 1. The van der Waals surface area contributed by atoms with Gasteiger partial charge in [0.05, 0.1) is 0 Å². The number of allylic oxidation sites excluding steroid dienone is 1. The molecule has 27 heavy (non-hydrogen) atoms. The van der Waals surface area contributed by atoms with E-state index >= 15 is 0 Å². The first-order valence-electron chi connectivity index (χ1n) is 9.65. The number of hydrogen-bond donors (Lipinski definition) is 2. The largest absolute Gasteiger partial charge is 0.372 e. The van der Waals surface area contributed by atoms with Gasteiger partial charge in [0.2, 0.25) is 5.91 Å². The zero-order valence-electron chi connectivity index (χ0n) is 16.4. The summed E-state index contributed by atoms with van der Waals surface area (Å²) in [5, 5.41) is 12.2. The predicted molar refractivity (Wildman–Crippen MR) is 111 cm³/mol. The molecule has 0 saturated heterocycles. The molecule has 2 aromatic rings. The van der Waals surface area contributed by atoms with Crippen LogP contribution in [0.5, 0.6) is 0 Å². The third-order valence-electron chi connectivity index (χ3n) is 4.59. The van der Waals surface area contributed by atoms with Crippen molar-refractivity contribution in [3.8, 4) is 0 Å².